The van der Waals surface area contributed by atoms with Crippen LogP contribution in [0.2, 0.25) is 0 Å². The van der Waals surface area contributed by atoms with Crippen molar-refractivity contribution in [2.45, 2.75) is 32.9 Å². The van der Waals surface area contributed by atoms with Crippen molar-refractivity contribution >= 4 is 6.09 Å². The molecule has 2 aromatic rings. The van der Waals surface area contributed by atoms with E-state index in [1.54, 1.807) is 24.4 Å². The minimum absolute atomic E-state index is 0.0785. The summed E-state index contributed by atoms with van der Waals surface area (Å²) in [5.41, 5.74) is 0.876. The molecule has 0 aliphatic heterocycles. The first kappa shape index (κ1) is 15.8. The Balaban J connectivity index is 1.91. The summed E-state index contributed by atoms with van der Waals surface area (Å²) in [7, 11) is 0. The van der Waals surface area contributed by atoms with Crippen molar-refractivity contribution in [3.05, 3.63) is 54.2 Å². The number of pyridine rings is 1. The average Bonchev–Trinajstić information content (AvgIpc) is 2.48. The van der Waals surface area contributed by atoms with Crippen LogP contribution in [0.25, 0.3) is 0 Å². The maximum absolute atomic E-state index is 11.8. The molecule has 1 N–H and O–H groups in total. The lowest BCUT2D eigenvalue weighted by Crippen LogP contribution is -2.29. The summed E-state index contributed by atoms with van der Waals surface area (Å²) in [5, 5.41) is 2.76. The van der Waals surface area contributed by atoms with Crippen LogP contribution >= 0.6 is 0 Å². The van der Waals surface area contributed by atoms with Crippen LogP contribution in [-0.2, 0) is 0 Å². The zero-order valence-corrected chi connectivity index (χ0v) is 12.9. The largest absolute Gasteiger partial charge is 0.475 e. The van der Waals surface area contributed by atoms with Crippen molar-refractivity contribution in [1.29, 1.82) is 0 Å². The molecular formula is C17H20N2O3. The van der Waals surface area contributed by atoms with Crippen molar-refractivity contribution in [1.82, 2.24) is 10.3 Å². The third-order valence-corrected chi connectivity index (χ3v) is 2.90. The summed E-state index contributed by atoms with van der Waals surface area (Å²) in [5.74, 6) is 1.07. The number of ether oxygens (including phenoxy) is 2. The number of benzene rings is 1. The van der Waals surface area contributed by atoms with Crippen LogP contribution in [0.5, 0.6) is 11.6 Å². The summed E-state index contributed by atoms with van der Waals surface area (Å²) in [4.78, 5) is 16.0. The van der Waals surface area contributed by atoms with Gasteiger partial charge in [0.15, 0.2) is 0 Å². The SMILES string of the molecule is CC(C)Oc1ccc([C@H](C)NC(=O)Oc2ccccc2)cn1. The molecule has 22 heavy (non-hydrogen) atoms. The van der Waals surface area contributed by atoms with Crippen LogP contribution in [0, 0.1) is 0 Å². The van der Waals surface area contributed by atoms with E-state index in [1.807, 2.05) is 45.0 Å². The number of carbonyl (C=O) groups is 1. The Kier molecular flexibility index (Phi) is 5.36. The highest BCUT2D eigenvalue weighted by atomic mass is 16.6. The first-order valence-electron chi connectivity index (χ1n) is 7.20. The molecule has 0 saturated heterocycles. The van der Waals surface area contributed by atoms with Crippen LogP contribution in [0.15, 0.2) is 48.7 Å². The molecule has 1 atom stereocenters. The lowest BCUT2D eigenvalue weighted by atomic mass is 10.1. The van der Waals surface area contributed by atoms with E-state index >= 15 is 0 Å². The summed E-state index contributed by atoms with van der Waals surface area (Å²) >= 11 is 0. The smallest absolute Gasteiger partial charge is 0.413 e. The van der Waals surface area contributed by atoms with Gasteiger partial charge >= 0.3 is 6.09 Å². The van der Waals surface area contributed by atoms with Gasteiger partial charge in [0.05, 0.1) is 12.1 Å². The number of amides is 1. The van der Waals surface area contributed by atoms with Gasteiger partial charge in [0.25, 0.3) is 0 Å². The quantitative estimate of drug-likeness (QED) is 0.914. The molecule has 116 valence electrons. The monoisotopic (exact) mass is 300 g/mol. The van der Waals surface area contributed by atoms with Crippen molar-refractivity contribution in [3.8, 4) is 11.6 Å². The van der Waals surface area contributed by atoms with Gasteiger partial charge in [-0.2, -0.15) is 0 Å². The number of nitrogens with one attached hydrogen (secondary N) is 1. The van der Waals surface area contributed by atoms with Crippen molar-refractivity contribution < 1.29 is 14.3 Å². The Morgan fingerprint density at radius 2 is 1.82 bits per heavy atom. The third kappa shape index (κ3) is 4.77. The molecule has 0 aliphatic rings. The summed E-state index contributed by atoms with van der Waals surface area (Å²) in [6.07, 6.45) is 1.27. The zero-order valence-electron chi connectivity index (χ0n) is 12.9. The molecule has 0 saturated carbocycles. The normalized spacial score (nSPS) is 11.8. The van der Waals surface area contributed by atoms with Gasteiger partial charge < -0.3 is 14.8 Å². The molecule has 2 rings (SSSR count). The second kappa shape index (κ2) is 7.45. The summed E-state index contributed by atoms with van der Waals surface area (Å²) < 4.78 is 10.7. The fraction of sp³-hybridized carbons (Fsp3) is 0.294. The minimum atomic E-state index is -0.499. The van der Waals surface area contributed by atoms with Gasteiger partial charge in [-0.25, -0.2) is 9.78 Å². The molecule has 0 aliphatic carbocycles. The number of rotatable bonds is 5. The number of carbonyl (C=O) groups excluding carboxylic acids is 1. The lowest BCUT2D eigenvalue weighted by Gasteiger charge is -2.15. The van der Waals surface area contributed by atoms with E-state index in [0.29, 0.717) is 11.6 Å². The second-order valence-electron chi connectivity index (χ2n) is 5.16. The average molecular weight is 300 g/mol. The van der Waals surface area contributed by atoms with Crippen LogP contribution in [0.3, 0.4) is 0 Å². The van der Waals surface area contributed by atoms with Gasteiger partial charge in [-0.1, -0.05) is 24.3 Å². The number of para-hydroxylation sites is 1. The lowest BCUT2D eigenvalue weighted by molar-refractivity contribution is 0.197. The number of nitrogens with zero attached hydrogens (tertiary/aromatic N) is 1. The van der Waals surface area contributed by atoms with Gasteiger partial charge in [-0.05, 0) is 38.5 Å². The molecule has 0 spiro atoms. The van der Waals surface area contributed by atoms with E-state index in [1.165, 1.54) is 0 Å². The van der Waals surface area contributed by atoms with Gasteiger partial charge in [0.2, 0.25) is 5.88 Å². The molecule has 0 radical (unpaired) electrons. The maximum Gasteiger partial charge on any atom is 0.413 e. The second-order valence-corrected chi connectivity index (χ2v) is 5.16. The van der Waals surface area contributed by atoms with E-state index in [9.17, 15) is 4.79 Å². The van der Waals surface area contributed by atoms with Crippen LogP contribution < -0.4 is 14.8 Å². The van der Waals surface area contributed by atoms with Crippen LogP contribution in [0.4, 0.5) is 4.79 Å². The molecule has 5 nitrogen and oxygen atoms in total. The van der Waals surface area contributed by atoms with E-state index < -0.39 is 6.09 Å². The molecular weight excluding hydrogens is 280 g/mol. The summed E-state index contributed by atoms with van der Waals surface area (Å²) in [6, 6.07) is 12.4. The molecule has 1 heterocycles. The molecule has 1 aromatic carbocycles. The van der Waals surface area contributed by atoms with E-state index in [0.717, 1.165) is 5.56 Å². The molecule has 1 amide bonds. The van der Waals surface area contributed by atoms with Crippen molar-refractivity contribution in [3.63, 3.8) is 0 Å². The Morgan fingerprint density at radius 3 is 2.41 bits per heavy atom. The minimum Gasteiger partial charge on any atom is -0.475 e. The zero-order chi connectivity index (χ0) is 15.9. The Morgan fingerprint density at radius 1 is 1.09 bits per heavy atom. The van der Waals surface area contributed by atoms with Gasteiger partial charge in [-0.15, -0.1) is 0 Å². The Labute approximate surface area is 130 Å². The third-order valence-electron chi connectivity index (χ3n) is 2.90. The van der Waals surface area contributed by atoms with E-state index in [4.69, 9.17) is 9.47 Å². The van der Waals surface area contributed by atoms with E-state index in [-0.39, 0.29) is 12.1 Å². The number of hydrogen-bond acceptors (Lipinski definition) is 4. The fourth-order valence-electron chi connectivity index (χ4n) is 1.84. The highest BCUT2D eigenvalue weighted by molar-refractivity contribution is 5.70. The summed E-state index contributed by atoms with van der Waals surface area (Å²) in [6.45, 7) is 5.75. The predicted molar refractivity (Wildman–Crippen MR) is 84.0 cm³/mol. The Bertz CT molecular complexity index is 597. The van der Waals surface area contributed by atoms with Gasteiger partial charge in [0, 0.05) is 12.3 Å². The van der Waals surface area contributed by atoms with Crippen LogP contribution in [-0.4, -0.2) is 17.2 Å². The molecule has 0 unspecified atom stereocenters. The molecule has 5 heteroatoms. The van der Waals surface area contributed by atoms with Crippen molar-refractivity contribution in [2.24, 2.45) is 0 Å². The van der Waals surface area contributed by atoms with Crippen molar-refractivity contribution in [2.75, 3.05) is 0 Å². The van der Waals surface area contributed by atoms with Gasteiger partial charge in [0.1, 0.15) is 5.75 Å². The number of aromatic nitrogens is 1. The maximum atomic E-state index is 11.8. The van der Waals surface area contributed by atoms with Gasteiger partial charge in [-0.3, -0.25) is 0 Å². The Hall–Kier alpha value is -2.56. The molecule has 0 bridgehead atoms. The molecule has 1 aromatic heterocycles. The molecule has 0 fully saturated rings. The first-order chi connectivity index (χ1) is 10.5. The fourth-order valence-corrected chi connectivity index (χ4v) is 1.84. The standard InChI is InChI=1S/C17H20N2O3/c1-12(2)21-16-10-9-14(11-18-16)13(3)19-17(20)22-15-7-5-4-6-8-15/h4-13H,1-3H3,(H,19,20)/t13-/m0/s1. The van der Waals surface area contributed by atoms with E-state index in [2.05, 4.69) is 10.3 Å². The highest BCUT2D eigenvalue weighted by Gasteiger charge is 2.12. The van der Waals surface area contributed by atoms with Crippen LogP contribution in [0.1, 0.15) is 32.4 Å². The first-order valence-corrected chi connectivity index (χ1v) is 7.20. The number of hydrogen-bond donors (Lipinski definition) is 1. The topological polar surface area (TPSA) is 60.5 Å². The highest BCUT2D eigenvalue weighted by Crippen LogP contribution is 2.16. The predicted octanol–water partition coefficient (Wildman–Crippen LogP) is 3.72.